The fourth-order valence-corrected chi connectivity index (χ4v) is 2.45. The van der Waals surface area contributed by atoms with E-state index in [0.717, 1.165) is 23.1 Å². The minimum atomic E-state index is 0.510. The van der Waals surface area contributed by atoms with Crippen LogP contribution >= 0.6 is 0 Å². The molecule has 2 N–H and O–H groups in total. The minimum absolute atomic E-state index is 0.510. The SMILES string of the molecule is COCCc1ccccc1-n1c(N)nc2ccccc21. The first-order valence-electron chi connectivity index (χ1n) is 6.61. The molecule has 0 saturated carbocycles. The van der Waals surface area contributed by atoms with E-state index in [1.807, 2.05) is 41.0 Å². The van der Waals surface area contributed by atoms with Gasteiger partial charge in [0.2, 0.25) is 5.95 Å². The molecule has 0 fully saturated rings. The third-order valence-corrected chi connectivity index (χ3v) is 3.39. The highest BCUT2D eigenvalue weighted by Crippen LogP contribution is 2.25. The summed E-state index contributed by atoms with van der Waals surface area (Å²) in [6, 6.07) is 16.2. The maximum absolute atomic E-state index is 6.10. The van der Waals surface area contributed by atoms with Gasteiger partial charge < -0.3 is 10.5 Å². The summed E-state index contributed by atoms with van der Waals surface area (Å²) in [4.78, 5) is 4.42. The van der Waals surface area contributed by atoms with Crippen molar-refractivity contribution in [2.24, 2.45) is 0 Å². The molecule has 3 rings (SSSR count). The number of ether oxygens (including phenoxy) is 1. The Balaban J connectivity index is 2.18. The van der Waals surface area contributed by atoms with Gasteiger partial charge in [-0.15, -0.1) is 0 Å². The molecule has 0 aliphatic carbocycles. The van der Waals surface area contributed by atoms with Crippen molar-refractivity contribution >= 4 is 17.0 Å². The Morgan fingerprint density at radius 3 is 2.70 bits per heavy atom. The number of rotatable bonds is 4. The van der Waals surface area contributed by atoms with Gasteiger partial charge in [0.15, 0.2) is 0 Å². The van der Waals surface area contributed by atoms with Gasteiger partial charge >= 0.3 is 0 Å². The molecule has 4 nitrogen and oxygen atoms in total. The second-order valence-electron chi connectivity index (χ2n) is 4.67. The molecule has 0 amide bonds. The molecule has 0 unspecified atom stereocenters. The van der Waals surface area contributed by atoms with E-state index in [9.17, 15) is 0 Å². The fourth-order valence-electron chi connectivity index (χ4n) is 2.45. The third-order valence-electron chi connectivity index (χ3n) is 3.39. The van der Waals surface area contributed by atoms with Gasteiger partial charge in [0.1, 0.15) is 0 Å². The first kappa shape index (κ1) is 12.7. The van der Waals surface area contributed by atoms with E-state index in [0.29, 0.717) is 12.6 Å². The van der Waals surface area contributed by atoms with Crippen LogP contribution in [0.5, 0.6) is 0 Å². The Morgan fingerprint density at radius 2 is 1.85 bits per heavy atom. The number of hydrogen-bond donors (Lipinski definition) is 1. The van der Waals surface area contributed by atoms with E-state index < -0.39 is 0 Å². The van der Waals surface area contributed by atoms with E-state index in [4.69, 9.17) is 10.5 Å². The monoisotopic (exact) mass is 267 g/mol. The molecule has 1 heterocycles. The molecular weight excluding hydrogens is 250 g/mol. The van der Waals surface area contributed by atoms with Gasteiger partial charge in [0.05, 0.1) is 23.3 Å². The molecule has 0 aliphatic rings. The van der Waals surface area contributed by atoms with Crippen LogP contribution in [0, 0.1) is 0 Å². The lowest BCUT2D eigenvalue weighted by molar-refractivity contribution is 0.202. The van der Waals surface area contributed by atoms with Crippen LogP contribution in [0.1, 0.15) is 5.56 Å². The van der Waals surface area contributed by atoms with Crippen LogP contribution < -0.4 is 5.73 Å². The maximum Gasteiger partial charge on any atom is 0.205 e. The molecule has 20 heavy (non-hydrogen) atoms. The number of aromatic nitrogens is 2. The van der Waals surface area contributed by atoms with Crippen LogP contribution in [0.3, 0.4) is 0 Å². The van der Waals surface area contributed by atoms with Gasteiger partial charge in [-0.1, -0.05) is 30.3 Å². The molecular formula is C16H17N3O. The van der Waals surface area contributed by atoms with Gasteiger partial charge in [-0.25, -0.2) is 4.98 Å². The molecule has 0 atom stereocenters. The van der Waals surface area contributed by atoms with Gasteiger partial charge in [0.25, 0.3) is 0 Å². The number of nitrogens with zero attached hydrogens (tertiary/aromatic N) is 2. The number of methoxy groups -OCH3 is 1. The van der Waals surface area contributed by atoms with E-state index in [1.54, 1.807) is 7.11 Å². The van der Waals surface area contributed by atoms with E-state index >= 15 is 0 Å². The number of hydrogen-bond acceptors (Lipinski definition) is 3. The molecule has 2 aromatic carbocycles. The number of nitrogen functional groups attached to an aromatic ring is 1. The van der Waals surface area contributed by atoms with Crippen LogP contribution in [0.4, 0.5) is 5.95 Å². The zero-order valence-corrected chi connectivity index (χ0v) is 11.4. The Morgan fingerprint density at radius 1 is 1.10 bits per heavy atom. The smallest absolute Gasteiger partial charge is 0.205 e. The Kier molecular flexibility index (Phi) is 3.39. The van der Waals surface area contributed by atoms with Crippen molar-refractivity contribution in [3.05, 3.63) is 54.1 Å². The summed E-state index contributed by atoms with van der Waals surface area (Å²) in [5.74, 6) is 0.510. The van der Waals surface area contributed by atoms with Crippen molar-refractivity contribution < 1.29 is 4.74 Å². The quantitative estimate of drug-likeness (QED) is 0.790. The second kappa shape index (κ2) is 5.35. The summed E-state index contributed by atoms with van der Waals surface area (Å²) in [5, 5.41) is 0. The molecule has 4 heteroatoms. The van der Waals surface area contributed by atoms with Gasteiger partial charge in [0, 0.05) is 7.11 Å². The number of fused-ring (bicyclic) bond motifs is 1. The Hall–Kier alpha value is -2.33. The zero-order valence-electron chi connectivity index (χ0n) is 11.4. The highest BCUT2D eigenvalue weighted by molar-refractivity contribution is 5.81. The summed E-state index contributed by atoms with van der Waals surface area (Å²) in [5.41, 5.74) is 10.3. The van der Waals surface area contributed by atoms with E-state index in [1.165, 1.54) is 5.56 Å². The lowest BCUT2D eigenvalue weighted by Crippen LogP contribution is -2.05. The van der Waals surface area contributed by atoms with Crippen molar-refractivity contribution in [1.29, 1.82) is 0 Å². The zero-order chi connectivity index (χ0) is 13.9. The molecule has 1 aromatic heterocycles. The van der Waals surface area contributed by atoms with Crippen molar-refractivity contribution in [3.8, 4) is 5.69 Å². The average molecular weight is 267 g/mol. The lowest BCUT2D eigenvalue weighted by atomic mass is 10.1. The van der Waals surface area contributed by atoms with Crippen molar-refractivity contribution in [2.45, 2.75) is 6.42 Å². The summed E-state index contributed by atoms with van der Waals surface area (Å²) in [7, 11) is 1.71. The van der Waals surface area contributed by atoms with Gasteiger partial charge in [-0.05, 0) is 30.2 Å². The largest absolute Gasteiger partial charge is 0.384 e. The van der Waals surface area contributed by atoms with Gasteiger partial charge in [-0.2, -0.15) is 0 Å². The standard InChI is InChI=1S/C16H17N3O/c1-20-11-10-12-6-2-4-8-14(12)19-15-9-5-3-7-13(15)18-16(19)17/h2-9H,10-11H2,1H3,(H2,17,18). The van der Waals surface area contributed by atoms with Crippen molar-refractivity contribution in [1.82, 2.24) is 9.55 Å². The molecule has 3 aromatic rings. The average Bonchev–Trinajstić information content (AvgIpc) is 2.81. The van der Waals surface area contributed by atoms with Gasteiger partial charge in [-0.3, -0.25) is 4.57 Å². The number of para-hydroxylation sites is 3. The molecule has 0 spiro atoms. The molecule has 0 saturated heterocycles. The first-order valence-corrected chi connectivity index (χ1v) is 6.61. The number of nitrogens with two attached hydrogens (primary N) is 1. The predicted molar refractivity (Wildman–Crippen MR) is 81.1 cm³/mol. The predicted octanol–water partition coefficient (Wildman–Crippen LogP) is 2.80. The van der Waals surface area contributed by atoms with E-state index in [-0.39, 0.29) is 0 Å². The van der Waals surface area contributed by atoms with Crippen LogP contribution in [0.2, 0.25) is 0 Å². The van der Waals surface area contributed by atoms with Crippen molar-refractivity contribution in [2.75, 3.05) is 19.5 Å². The molecule has 102 valence electrons. The first-order chi connectivity index (χ1) is 9.81. The Labute approximate surface area is 117 Å². The summed E-state index contributed by atoms with van der Waals surface area (Å²) < 4.78 is 7.18. The van der Waals surface area contributed by atoms with E-state index in [2.05, 4.69) is 17.1 Å². The third kappa shape index (κ3) is 2.14. The minimum Gasteiger partial charge on any atom is -0.384 e. The number of imidazole rings is 1. The summed E-state index contributed by atoms with van der Waals surface area (Å²) in [6.07, 6.45) is 0.846. The Bertz CT molecular complexity index is 733. The highest BCUT2D eigenvalue weighted by atomic mass is 16.5. The molecule has 0 aliphatic heterocycles. The highest BCUT2D eigenvalue weighted by Gasteiger charge is 2.12. The van der Waals surface area contributed by atoms with Crippen LogP contribution in [0.25, 0.3) is 16.7 Å². The topological polar surface area (TPSA) is 53.1 Å². The number of anilines is 1. The molecule has 0 bridgehead atoms. The molecule has 0 radical (unpaired) electrons. The van der Waals surface area contributed by atoms with Crippen LogP contribution in [0.15, 0.2) is 48.5 Å². The summed E-state index contributed by atoms with van der Waals surface area (Å²) in [6.45, 7) is 0.684. The lowest BCUT2D eigenvalue weighted by Gasteiger charge is -2.12. The van der Waals surface area contributed by atoms with Crippen LogP contribution in [-0.4, -0.2) is 23.3 Å². The van der Waals surface area contributed by atoms with Crippen LogP contribution in [-0.2, 0) is 11.2 Å². The maximum atomic E-state index is 6.10. The number of benzene rings is 2. The summed E-state index contributed by atoms with van der Waals surface area (Å²) >= 11 is 0. The normalized spacial score (nSPS) is 11.1. The fraction of sp³-hybridized carbons (Fsp3) is 0.188. The van der Waals surface area contributed by atoms with Crippen molar-refractivity contribution in [3.63, 3.8) is 0 Å². The second-order valence-corrected chi connectivity index (χ2v) is 4.67.